The molecule has 3 aromatic carbocycles. The summed E-state index contributed by atoms with van der Waals surface area (Å²) in [5, 5.41) is 2.80. The van der Waals surface area contributed by atoms with E-state index in [1.54, 1.807) is 30.3 Å². The summed E-state index contributed by atoms with van der Waals surface area (Å²) in [4.78, 5) is 21.8. The van der Waals surface area contributed by atoms with E-state index < -0.39 is 22.9 Å². The van der Waals surface area contributed by atoms with E-state index in [9.17, 15) is 18.0 Å². The standard InChI is InChI=1S/C23H15ClF3N3OS/c24-15-10-11-19(17(12-15)23(25,26)27)30-21(31)20(14-6-2-1-3-7-14)32-22-16-8-4-5-9-18(16)28-13-29-22/h1-13,20H,(H,30,31). The number of thioether (sulfide) groups is 1. The van der Waals surface area contributed by atoms with Crippen molar-refractivity contribution in [3.8, 4) is 0 Å². The Morgan fingerprint density at radius 2 is 1.69 bits per heavy atom. The monoisotopic (exact) mass is 473 g/mol. The number of para-hydroxylation sites is 1. The normalized spacial score (nSPS) is 12.5. The number of anilines is 1. The lowest BCUT2D eigenvalue weighted by molar-refractivity contribution is -0.137. The second-order valence-electron chi connectivity index (χ2n) is 6.78. The molecule has 0 fully saturated rings. The molecule has 4 rings (SSSR count). The molecule has 4 nitrogen and oxygen atoms in total. The molecule has 1 atom stereocenters. The zero-order chi connectivity index (χ0) is 22.7. The van der Waals surface area contributed by atoms with Gasteiger partial charge < -0.3 is 5.32 Å². The zero-order valence-corrected chi connectivity index (χ0v) is 17.9. The molecule has 1 amide bonds. The maximum Gasteiger partial charge on any atom is 0.418 e. The van der Waals surface area contributed by atoms with Crippen LogP contribution < -0.4 is 5.32 Å². The van der Waals surface area contributed by atoms with E-state index in [-0.39, 0.29) is 10.7 Å². The number of fused-ring (bicyclic) bond motifs is 1. The van der Waals surface area contributed by atoms with Crippen molar-refractivity contribution in [2.24, 2.45) is 0 Å². The van der Waals surface area contributed by atoms with Crippen LogP contribution in [0, 0.1) is 0 Å². The highest BCUT2D eigenvalue weighted by Gasteiger charge is 2.35. The lowest BCUT2D eigenvalue weighted by Crippen LogP contribution is -2.21. The van der Waals surface area contributed by atoms with Crippen molar-refractivity contribution in [2.75, 3.05) is 5.32 Å². The van der Waals surface area contributed by atoms with Gasteiger partial charge in [-0.25, -0.2) is 9.97 Å². The van der Waals surface area contributed by atoms with Crippen molar-refractivity contribution in [3.05, 3.63) is 95.3 Å². The number of carbonyl (C=O) groups excluding carboxylic acids is 1. The van der Waals surface area contributed by atoms with Crippen LogP contribution in [0.5, 0.6) is 0 Å². The molecule has 0 bridgehead atoms. The minimum Gasteiger partial charge on any atom is -0.324 e. The van der Waals surface area contributed by atoms with Crippen LogP contribution in [0.15, 0.2) is 84.1 Å². The highest BCUT2D eigenvalue weighted by Crippen LogP contribution is 2.40. The average molecular weight is 474 g/mol. The number of aromatic nitrogens is 2. The van der Waals surface area contributed by atoms with Gasteiger partial charge in [0.15, 0.2) is 0 Å². The van der Waals surface area contributed by atoms with E-state index in [1.165, 1.54) is 12.4 Å². The minimum absolute atomic E-state index is 0.0724. The van der Waals surface area contributed by atoms with Gasteiger partial charge in [-0.1, -0.05) is 71.9 Å². The van der Waals surface area contributed by atoms with Crippen LogP contribution in [-0.4, -0.2) is 15.9 Å². The van der Waals surface area contributed by atoms with Crippen LogP contribution in [0.25, 0.3) is 10.9 Å². The number of alkyl halides is 3. The van der Waals surface area contributed by atoms with Gasteiger partial charge in [0.2, 0.25) is 5.91 Å². The Kier molecular flexibility index (Phi) is 6.34. The number of amides is 1. The van der Waals surface area contributed by atoms with Crippen LogP contribution in [0.2, 0.25) is 5.02 Å². The lowest BCUT2D eigenvalue weighted by atomic mass is 10.1. The first-order valence-corrected chi connectivity index (χ1v) is 10.7. The number of rotatable bonds is 5. The van der Waals surface area contributed by atoms with Gasteiger partial charge in [-0.15, -0.1) is 0 Å². The van der Waals surface area contributed by atoms with Gasteiger partial charge in [0, 0.05) is 10.4 Å². The molecule has 9 heteroatoms. The number of hydrogen-bond donors (Lipinski definition) is 1. The molecule has 4 aromatic rings. The molecule has 0 spiro atoms. The van der Waals surface area contributed by atoms with Crippen LogP contribution in [-0.2, 0) is 11.0 Å². The minimum atomic E-state index is -4.67. The molecule has 0 aliphatic carbocycles. The van der Waals surface area contributed by atoms with Crippen molar-refractivity contribution in [2.45, 2.75) is 16.5 Å². The van der Waals surface area contributed by atoms with Crippen LogP contribution in [0.4, 0.5) is 18.9 Å². The maximum atomic E-state index is 13.5. The number of carbonyl (C=O) groups is 1. The first-order chi connectivity index (χ1) is 15.3. The fourth-order valence-electron chi connectivity index (χ4n) is 3.14. The highest BCUT2D eigenvalue weighted by molar-refractivity contribution is 8.00. The van der Waals surface area contributed by atoms with E-state index in [1.807, 2.05) is 24.3 Å². The number of halogens is 4. The van der Waals surface area contributed by atoms with Gasteiger partial charge >= 0.3 is 6.18 Å². The molecule has 1 N–H and O–H groups in total. The SMILES string of the molecule is O=C(Nc1ccc(Cl)cc1C(F)(F)F)C(Sc1ncnc2ccccc12)c1ccccc1. The van der Waals surface area contributed by atoms with E-state index in [4.69, 9.17) is 11.6 Å². The number of nitrogens with zero attached hydrogens (tertiary/aromatic N) is 2. The molecule has 0 saturated heterocycles. The lowest BCUT2D eigenvalue weighted by Gasteiger charge is -2.19. The summed E-state index contributed by atoms with van der Waals surface area (Å²) in [6.07, 6.45) is -3.28. The third-order valence-electron chi connectivity index (χ3n) is 4.62. The predicted octanol–water partition coefficient (Wildman–Crippen LogP) is 6.77. The van der Waals surface area contributed by atoms with E-state index in [0.717, 1.165) is 29.3 Å². The Balaban J connectivity index is 1.72. The Hall–Kier alpha value is -3.10. The highest BCUT2D eigenvalue weighted by atomic mass is 35.5. The van der Waals surface area contributed by atoms with Gasteiger partial charge in [0.05, 0.1) is 16.8 Å². The fourth-order valence-corrected chi connectivity index (χ4v) is 4.41. The Bertz CT molecular complexity index is 1260. The smallest absolute Gasteiger partial charge is 0.324 e. The van der Waals surface area contributed by atoms with Gasteiger partial charge in [-0.3, -0.25) is 4.79 Å². The molecular weight excluding hydrogens is 459 g/mol. The topological polar surface area (TPSA) is 54.9 Å². The summed E-state index contributed by atoms with van der Waals surface area (Å²) in [7, 11) is 0. The largest absolute Gasteiger partial charge is 0.418 e. The van der Waals surface area contributed by atoms with Gasteiger partial charge in [-0.2, -0.15) is 13.2 Å². The van der Waals surface area contributed by atoms with Gasteiger partial charge in [0.25, 0.3) is 0 Å². The quantitative estimate of drug-likeness (QED) is 0.256. The molecule has 1 aromatic heterocycles. The molecular formula is C23H15ClF3N3OS. The molecule has 1 heterocycles. The summed E-state index contributed by atoms with van der Waals surface area (Å²) in [5.41, 5.74) is -0.0434. The summed E-state index contributed by atoms with van der Waals surface area (Å²) in [6.45, 7) is 0. The maximum absolute atomic E-state index is 13.5. The number of hydrogen-bond acceptors (Lipinski definition) is 4. The third-order valence-corrected chi connectivity index (χ3v) is 6.13. The summed E-state index contributed by atoms with van der Waals surface area (Å²) < 4.78 is 40.5. The average Bonchev–Trinajstić information content (AvgIpc) is 2.78. The second-order valence-corrected chi connectivity index (χ2v) is 8.31. The molecule has 1 unspecified atom stereocenters. The fraction of sp³-hybridized carbons (Fsp3) is 0.0870. The van der Waals surface area contributed by atoms with Gasteiger partial charge in [-0.05, 0) is 29.8 Å². The van der Waals surface area contributed by atoms with Crippen LogP contribution in [0.1, 0.15) is 16.4 Å². The van der Waals surface area contributed by atoms with Crippen molar-refractivity contribution < 1.29 is 18.0 Å². The van der Waals surface area contributed by atoms with Crippen molar-refractivity contribution in [1.29, 1.82) is 0 Å². The molecule has 32 heavy (non-hydrogen) atoms. The molecule has 0 radical (unpaired) electrons. The summed E-state index contributed by atoms with van der Waals surface area (Å²) in [6, 6.07) is 19.4. The third kappa shape index (κ3) is 4.87. The van der Waals surface area contributed by atoms with Crippen LogP contribution >= 0.6 is 23.4 Å². The molecule has 0 aliphatic rings. The summed E-state index contributed by atoms with van der Waals surface area (Å²) >= 11 is 6.89. The molecule has 0 aliphatic heterocycles. The second kappa shape index (κ2) is 9.18. The van der Waals surface area contributed by atoms with Crippen LogP contribution in [0.3, 0.4) is 0 Å². The Labute approximate surface area is 190 Å². The van der Waals surface area contributed by atoms with Crippen molar-refractivity contribution in [3.63, 3.8) is 0 Å². The number of benzene rings is 3. The van der Waals surface area contributed by atoms with E-state index in [0.29, 0.717) is 16.1 Å². The van der Waals surface area contributed by atoms with E-state index >= 15 is 0 Å². The molecule has 162 valence electrons. The van der Waals surface area contributed by atoms with Gasteiger partial charge in [0.1, 0.15) is 16.6 Å². The zero-order valence-electron chi connectivity index (χ0n) is 16.3. The van der Waals surface area contributed by atoms with Crippen molar-refractivity contribution >= 4 is 45.9 Å². The Morgan fingerprint density at radius 1 is 0.969 bits per heavy atom. The van der Waals surface area contributed by atoms with E-state index in [2.05, 4.69) is 15.3 Å². The predicted molar refractivity (Wildman–Crippen MR) is 120 cm³/mol. The first-order valence-electron chi connectivity index (χ1n) is 9.42. The van der Waals surface area contributed by atoms with Crippen molar-refractivity contribution in [1.82, 2.24) is 9.97 Å². The molecule has 0 saturated carbocycles. The Morgan fingerprint density at radius 3 is 2.44 bits per heavy atom. The number of nitrogens with one attached hydrogen (secondary N) is 1. The first kappa shape index (κ1) is 22.1. The summed E-state index contributed by atoms with van der Waals surface area (Å²) in [5.74, 6) is -0.614.